The van der Waals surface area contributed by atoms with Gasteiger partial charge in [-0.1, -0.05) is 41.9 Å². The van der Waals surface area contributed by atoms with E-state index in [2.05, 4.69) is 0 Å². The number of anilines is 1. The molecule has 0 saturated carbocycles. The van der Waals surface area contributed by atoms with E-state index >= 15 is 0 Å². The molecule has 0 atom stereocenters. The first-order chi connectivity index (χ1) is 11.0. The van der Waals surface area contributed by atoms with Gasteiger partial charge in [0.1, 0.15) is 0 Å². The molecule has 0 aliphatic rings. The lowest BCUT2D eigenvalue weighted by Crippen LogP contribution is -2.39. The van der Waals surface area contributed by atoms with Crippen LogP contribution in [0.5, 0.6) is 0 Å². The van der Waals surface area contributed by atoms with E-state index in [1.165, 1.54) is 6.92 Å². The quantitative estimate of drug-likeness (QED) is 0.842. The molecule has 23 heavy (non-hydrogen) atoms. The molecule has 0 aromatic heterocycles. The number of likely N-dealkylation sites (N-methyl/N-ethyl adjacent to an activating group) is 1. The minimum Gasteiger partial charge on any atom is -0.344 e. The van der Waals surface area contributed by atoms with Gasteiger partial charge in [-0.15, -0.1) is 0 Å². The van der Waals surface area contributed by atoms with Gasteiger partial charge in [-0.3, -0.25) is 9.59 Å². The monoisotopic (exact) mass is 330 g/mol. The van der Waals surface area contributed by atoms with Gasteiger partial charge >= 0.3 is 0 Å². The predicted octanol–water partition coefficient (Wildman–Crippen LogP) is 3.47. The Morgan fingerprint density at radius 1 is 0.957 bits per heavy atom. The molecule has 4 nitrogen and oxygen atoms in total. The Morgan fingerprint density at radius 3 is 2.17 bits per heavy atom. The Balaban J connectivity index is 2.30. The van der Waals surface area contributed by atoms with Crippen molar-refractivity contribution in [3.63, 3.8) is 0 Å². The van der Waals surface area contributed by atoms with E-state index in [9.17, 15) is 9.59 Å². The molecular weight excluding hydrogens is 312 g/mol. The number of carbonyl (C=O) groups is 2. The van der Waals surface area contributed by atoms with Crippen LogP contribution in [0.15, 0.2) is 54.6 Å². The molecule has 0 aliphatic heterocycles. The topological polar surface area (TPSA) is 40.6 Å². The second-order valence-electron chi connectivity index (χ2n) is 5.21. The lowest BCUT2D eigenvalue weighted by atomic mass is 10.1. The fraction of sp³-hybridized carbons (Fsp3) is 0.222. The van der Waals surface area contributed by atoms with Gasteiger partial charge in [0.15, 0.2) is 0 Å². The smallest absolute Gasteiger partial charge is 0.258 e. The number of carbonyl (C=O) groups excluding carboxylic acids is 2. The fourth-order valence-corrected chi connectivity index (χ4v) is 2.38. The second kappa shape index (κ2) is 7.79. The van der Waals surface area contributed by atoms with E-state index in [-0.39, 0.29) is 11.8 Å². The third kappa shape index (κ3) is 4.33. The molecule has 0 aliphatic carbocycles. The molecule has 0 bridgehead atoms. The number of para-hydroxylation sites is 1. The summed E-state index contributed by atoms with van der Waals surface area (Å²) >= 11 is 6.25. The van der Waals surface area contributed by atoms with Crippen LogP contribution < -0.4 is 4.90 Å². The summed E-state index contributed by atoms with van der Waals surface area (Å²) in [6.45, 7) is 2.30. The largest absolute Gasteiger partial charge is 0.344 e. The number of halogens is 1. The molecule has 0 spiro atoms. The molecule has 2 amide bonds. The van der Waals surface area contributed by atoms with Crippen molar-refractivity contribution < 1.29 is 9.59 Å². The fourth-order valence-electron chi connectivity index (χ4n) is 2.15. The maximum Gasteiger partial charge on any atom is 0.258 e. The van der Waals surface area contributed by atoms with Gasteiger partial charge in [0.05, 0.1) is 10.7 Å². The summed E-state index contributed by atoms with van der Waals surface area (Å²) in [7, 11) is 1.71. The van der Waals surface area contributed by atoms with Gasteiger partial charge in [0.25, 0.3) is 5.91 Å². The Labute approximate surface area is 141 Å². The van der Waals surface area contributed by atoms with Gasteiger partial charge in [-0.2, -0.15) is 0 Å². The zero-order valence-corrected chi connectivity index (χ0v) is 14.0. The van der Waals surface area contributed by atoms with Crippen LogP contribution >= 0.6 is 11.6 Å². The number of amides is 2. The number of benzene rings is 2. The summed E-state index contributed by atoms with van der Waals surface area (Å²) in [6.07, 6.45) is 0. The molecule has 2 aromatic rings. The van der Waals surface area contributed by atoms with Crippen molar-refractivity contribution in [2.45, 2.75) is 6.92 Å². The number of nitrogens with zero attached hydrogens (tertiary/aromatic N) is 2. The second-order valence-corrected chi connectivity index (χ2v) is 5.62. The van der Waals surface area contributed by atoms with E-state index < -0.39 is 0 Å². The van der Waals surface area contributed by atoms with Crippen LogP contribution in [-0.2, 0) is 4.79 Å². The van der Waals surface area contributed by atoms with Crippen molar-refractivity contribution in [3.05, 3.63) is 65.2 Å². The van der Waals surface area contributed by atoms with Gasteiger partial charge in [0.2, 0.25) is 5.91 Å². The summed E-state index contributed by atoms with van der Waals surface area (Å²) in [5, 5.41) is 0.502. The van der Waals surface area contributed by atoms with Gasteiger partial charge < -0.3 is 9.80 Å². The standard InChI is InChI=1S/C18H19ClN2O2/c1-14(22)20(2)12-13-21(17-11-7-6-10-16(17)19)18(23)15-8-4-3-5-9-15/h3-11H,12-13H2,1-2H3. The van der Waals surface area contributed by atoms with Crippen molar-refractivity contribution >= 4 is 29.1 Å². The third-order valence-electron chi connectivity index (χ3n) is 3.61. The number of hydrogen-bond acceptors (Lipinski definition) is 2. The maximum atomic E-state index is 12.8. The van der Waals surface area contributed by atoms with Crippen molar-refractivity contribution in [3.8, 4) is 0 Å². The molecule has 0 radical (unpaired) electrons. The summed E-state index contributed by atoms with van der Waals surface area (Å²) < 4.78 is 0. The molecule has 2 rings (SSSR count). The molecule has 0 saturated heterocycles. The van der Waals surface area contributed by atoms with Crippen LogP contribution in [0.1, 0.15) is 17.3 Å². The molecule has 0 unspecified atom stereocenters. The van der Waals surface area contributed by atoms with Crippen LogP contribution in [-0.4, -0.2) is 36.9 Å². The molecular formula is C18H19ClN2O2. The molecule has 0 fully saturated rings. The SMILES string of the molecule is CC(=O)N(C)CCN(C(=O)c1ccccc1)c1ccccc1Cl. The predicted molar refractivity (Wildman–Crippen MR) is 92.9 cm³/mol. The maximum absolute atomic E-state index is 12.8. The van der Waals surface area contributed by atoms with Crippen molar-refractivity contribution in [1.29, 1.82) is 0 Å². The molecule has 0 heterocycles. The number of hydrogen-bond donors (Lipinski definition) is 0. The Morgan fingerprint density at radius 2 is 1.57 bits per heavy atom. The normalized spacial score (nSPS) is 10.2. The van der Waals surface area contributed by atoms with Crippen LogP contribution in [0.4, 0.5) is 5.69 Å². The molecule has 2 aromatic carbocycles. The van der Waals surface area contributed by atoms with Crippen LogP contribution in [0.2, 0.25) is 5.02 Å². The zero-order valence-electron chi connectivity index (χ0n) is 13.2. The van der Waals surface area contributed by atoms with Crippen molar-refractivity contribution in [2.75, 3.05) is 25.0 Å². The number of rotatable bonds is 5. The molecule has 0 N–H and O–H groups in total. The Hall–Kier alpha value is -2.33. The first kappa shape index (κ1) is 17.0. The highest BCUT2D eigenvalue weighted by Crippen LogP contribution is 2.26. The van der Waals surface area contributed by atoms with E-state index in [0.29, 0.717) is 29.4 Å². The summed E-state index contributed by atoms with van der Waals surface area (Å²) in [6, 6.07) is 16.2. The summed E-state index contributed by atoms with van der Waals surface area (Å²) in [5.41, 5.74) is 1.22. The highest BCUT2D eigenvalue weighted by atomic mass is 35.5. The van der Waals surface area contributed by atoms with Crippen molar-refractivity contribution in [2.24, 2.45) is 0 Å². The van der Waals surface area contributed by atoms with Crippen LogP contribution in [0.3, 0.4) is 0 Å². The van der Waals surface area contributed by atoms with Gasteiger partial charge in [-0.05, 0) is 24.3 Å². The average Bonchev–Trinajstić information content (AvgIpc) is 2.56. The molecule has 5 heteroatoms. The van der Waals surface area contributed by atoms with Crippen molar-refractivity contribution in [1.82, 2.24) is 4.90 Å². The Kier molecular flexibility index (Phi) is 5.77. The van der Waals surface area contributed by atoms with E-state index in [1.807, 2.05) is 30.3 Å². The lowest BCUT2D eigenvalue weighted by Gasteiger charge is -2.26. The van der Waals surface area contributed by atoms with Gasteiger partial charge in [-0.25, -0.2) is 0 Å². The molecule has 120 valence electrons. The summed E-state index contributed by atoms with van der Waals surface area (Å²) in [4.78, 5) is 27.4. The highest BCUT2D eigenvalue weighted by molar-refractivity contribution is 6.34. The van der Waals surface area contributed by atoms with Gasteiger partial charge in [0, 0.05) is 32.6 Å². The van der Waals surface area contributed by atoms with Crippen LogP contribution in [0.25, 0.3) is 0 Å². The first-order valence-corrected chi connectivity index (χ1v) is 7.71. The average molecular weight is 331 g/mol. The summed E-state index contributed by atoms with van der Waals surface area (Å²) in [5.74, 6) is -0.188. The Bertz CT molecular complexity index is 688. The van der Waals surface area contributed by atoms with E-state index in [1.54, 1.807) is 41.1 Å². The van der Waals surface area contributed by atoms with E-state index in [0.717, 1.165) is 0 Å². The first-order valence-electron chi connectivity index (χ1n) is 7.34. The van der Waals surface area contributed by atoms with Crippen LogP contribution in [0, 0.1) is 0 Å². The highest BCUT2D eigenvalue weighted by Gasteiger charge is 2.20. The third-order valence-corrected chi connectivity index (χ3v) is 3.93. The lowest BCUT2D eigenvalue weighted by molar-refractivity contribution is -0.127. The zero-order chi connectivity index (χ0) is 16.8. The minimum atomic E-state index is -0.143. The van der Waals surface area contributed by atoms with E-state index in [4.69, 9.17) is 11.6 Å². The minimum absolute atomic E-state index is 0.0451.